The lowest BCUT2D eigenvalue weighted by Gasteiger charge is -2.61. The number of hydrogen-bond acceptors (Lipinski definition) is 9. The number of nitrogens with one attached hydrogen (secondary N) is 1. The lowest BCUT2D eigenvalue weighted by Crippen LogP contribution is -2.74. The Labute approximate surface area is 233 Å². The molecule has 1 aliphatic carbocycles. The molecule has 5 N–H and O–H groups in total. The number of Topliss-reactive ketones (excluding diaryl/α,β-unsaturated/α-hetero) is 1. The number of aliphatic hydroxyl groups excluding tert-OH is 3. The molecule has 5 rings (SSSR count). The van der Waals surface area contributed by atoms with Gasteiger partial charge in [0.05, 0.1) is 18.3 Å². The van der Waals surface area contributed by atoms with Crippen molar-refractivity contribution < 1.29 is 44.3 Å². The first-order valence-corrected chi connectivity index (χ1v) is 13.9. The number of esters is 1. The normalized spacial score (nSPS) is 46.8. The first kappa shape index (κ1) is 28.9. The Hall–Kier alpha value is -2.63. The Morgan fingerprint density at radius 1 is 1.12 bits per heavy atom. The van der Waals surface area contributed by atoms with E-state index in [9.17, 15) is 34.8 Å². The number of fused-ring (bicyclic) bond motifs is 3. The van der Waals surface area contributed by atoms with E-state index in [-0.39, 0.29) is 6.42 Å². The van der Waals surface area contributed by atoms with Crippen molar-refractivity contribution in [2.24, 2.45) is 29.1 Å². The van der Waals surface area contributed by atoms with Crippen LogP contribution in [0.4, 0.5) is 0 Å². The second kappa shape index (κ2) is 10.0. The number of amides is 1. The molecule has 3 aliphatic heterocycles. The predicted molar refractivity (Wildman–Crippen MR) is 141 cm³/mol. The Balaban J connectivity index is 1.75. The number of carbonyl (C=O) groups is 3. The zero-order valence-corrected chi connectivity index (χ0v) is 23.2. The van der Waals surface area contributed by atoms with E-state index >= 15 is 0 Å². The number of carbonyl (C=O) groups excluding carboxylic acids is 3. The third-order valence-corrected chi connectivity index (χ3v) is 9.93. The van der Waals surface area contributed by atoms with Crippen LogP contribution in [-0.4, -0.2) is 86.4 Å². The Kier molecular flexibility index (Phi) is 7.24. The lowest BCUT2D eigenvalue weighted by atomic mass is 9.48. The summed E-state index contributed by atoms with van der Waals surface area (Å²) in [4.78, 5) is 40.2. The number of rotatable bonds is 3. The fourth-order valence-corrected chi connectivity index (χ4v) is 8.09. The molecule has 1 saturated carbocycles. The van der Waals surface area contributed by atoms with Crippen molar-refractivity contribution in [3.05, 3.63) is 48.0 Å². The molecule has 0 unspecified atom stereocenters. The minimum absolute atomic E-state index is 0.140. The highest BCUT2D eigenvalue weighted by molar-refractivity contribution is 5.90. The highest BCUT2D eigenvalue weighted by Gasteiger charge is 2.76. The molecule has 40 heavy (non-hydrogen) atoms. The maximum absolute atomic E-state index is 14.4. The summed E-state index contributed by atoms with van der Waals surface area (Å²) in [5.74, 6) is -5.04. The monoisotopic (exact) mass is 557 g/mol. The minimum atomic E-state index is -2.34. The van der Waals surface area contributed by atoms with Crippen LogP contribution in [0.2, 0.25) is 0 Å². The average Bonchev–Trinajstić information content (AvgIpc) is 3.18. The van der Waals surface area contributed by atoms with Crippen LogP contribution in [0.3, 0.4) is 0 Å². The van der Waals surface area contributed by atoms with E-state index in [1.807, 2.05) is 37.3 Å². The van der Waals surface area contributed by atoms with E-state index < -0.39 is 95.0 Å². The molecule has 1 amide bonds. The van der Waals surface area contributed by atoms with Gasteiger partial charge in [-0.05, 0) is 36.8 Å². The van der Waals surface area contributed by atoms with Gasteiger partial charge in [0.25, 0.3) is 0 Å². The van der Waals surface area contributed by atoms with Gasteiger partial charge in [-0.25, -0.2) is 0 Å². The van der Waals surface area contributed by atoms with Crippen molar-refractivity contribution >= 4 is 17.7 Å². The summed E-state index contributed by atoms with van der Waals surface area (Å²) in [7, 11) is 0. The summed E-state index contributed by atoms with van der Waals surface area (Å²) < 4.78 is 12.1. The summed E-state index contributed by atoms with van der Waals surface area (Å²) in [6.45, 7) is 9.85. The summed E-state index contributed by atoms with van der Waals surface area (Å²) in [5, 5.41) is 49.1. The molecule has 3 saturated heterocycles. The first-order chi connectivity index (χ1) is 18.7. The van der Waals surface area contributed by atoms with E-state index in [2.05, 4.69) is 11.9 Å². The minimum Gasteiger partial charge on any atom is -0.458 e. The third-order valence-electron chi connectivity index (χ3n) is 9.93. The van der Waals surface area contributed by atoms with Gasteiger partial charge in [0.15, 0.2) is 5.78 Å². The Morgan fingerprint density at radius 3 is 2.40 bits per heavy atom. The van der Waals surface area contributed by atoms with Gasteiger partial charge in [0.1, 0.15) is 29.3 Å². The van der Waals surface area contributed by atoms with Crippen molar-refractivity contribution in [2.75, 3.05) is 0 Å². The maximum atomic E-state index is 14.4. The van der Waals surface area contributed by atoms with Gasteiger partial charge >= 0.3 is 5.97 Å². The second-order valence-corrected chi connectivity index (χ2v) is 12.3. The molecular weight excluding hydrogens is 518 g/mol. The molecule has 1 aromatic carbocycles. The molecular formula is C30H39NO9. The Morgan fingerprint density at radius 2 is 1.77 bits per heavy atom. The van der Waals surface area contributed by atoms with E-state index in [0.29, 0.717) is 12.0 Å². The Bertz CT molecular complexity index is 1200. The van der Waals surface area contributed by atoms with E-state index in [0.717, 1.165) is 19.4 Å². The van der Waals surface area contributed by atoms with Gasteiger partial charge in [-0.3, -0.25) is 14.4 Å². The zero-order chi connectivity index (χ0) is 29.3. The van der Waals surface area contributed by atoms with Crippen LogP contribution in [0.5, 0.6) is 0 Å². The molecule has 4 fully saturated rings. The molecule has 2 bridgehead atoms. The van der Waals surface area contributed by atoms with Crippen LogP contribution in [0.15, 0.2) is 42.5 Å². The van der Waals surface area contributed by atoms with Gasteiger partial charge in [-0.1, -0.05) is 50.8 Å². The number of ether oxygens (including phenoxy) is 2. The summed E-state index contributed by atoms with van der Waals surface area (Å²) in [6.07, 6.45) is -8.57. The smallest absolute Gasteiger partial charge is 0.303 e. The standard InChI is InChI=1S/C30H39NO9/c1-13-11-19(33)23-21-22(34)15(3)14(2)20-18(12-17-9-7-6-8-10-17)31-28(37)30(20,21)27(39-16(4)32)24(40-23)26(36)29(5,38)25(13)35/h6-10,13-14,18-24,26-27,33-34,36,38H,3,11-12H2,1-2,4-5H3,(H,31,37)/t13-,14+,18-,19+,20-,21+,22+,23+,24-,26+,27+,29-,30+/m0/s1. The zero-order valence-electron chi connectivity index (χ0n) is 23.2. The van der Waals surface area contributed by atoms with Crippen LogP contribution in [0.1, 0.15) is 39.7 Å². The topological polar surface area (TPSA) is 163 Å². The van der Waals surface area contributed by atoms with Gasteiger partial charge in [0, 0.05) is 30.7 Å². The van der Waals surface area contributed by atoms with Gasteiger partial charge in [-0.2, -0.15) is 0 Å². The summed E-state index contributed by atoms with van der Waals surface area (Å²) in [5.41, 5.74) is -2.60. The van der Waals surface area contributed by atoms with E-state index in [4.69, 9.17) is 9.47 Å². The van der Waals surface area contributed by atoms with Crippen molar-refractivity contribution in [1.82, 2.24) is 5.32 Å². The van der Waals surface area contributed by atoms with Gasteiger partial charge in [0.2, 0.25) is 5.91 Å². The molecule has 1 aromatic rings. The quantitative estimate of drug-likeness (QED) is 0.260. The molecule has 4 aliphatic rings. The molecule has 0 radical (unpaired) electrons. The summed E-state index contributed by atoms with van der Waals surface area (Å²) in [6, 6.07) is 9.06. The van der Waals surface area contributed by atoms with Crippen molar-refractivity contribution in [2.45, 2.75) is 88.8 Å². The first-order valence-electron chi connectivity index (χ1n) is 13.9. The van der Waals surface area contributed by atoms with Gasteiger partial charge in [-0.15, -0.1) is 0 Å². The van der Waals surface area contributed by atoms with Crippen LogP contribution in [-0.2, 0) is 30.3 Å². The molecule has 10 nitrogen and oxygen atoms in total. The predicted octanol–water partition coefficient (Wildman–Crippen LogP) is 0.294. The fourth-order valence-electron chi connectivity index (χ4n) is 8.09. The SMILES string of the molecule is C=C1[C@@H](C)[C@H]2[C@H](Cc3ccccc3)NC(=O)[C@@]23[C@@H]([C@@H]2O[C@H]([C@H]3OC(C)=O)[C@@H](O)[C@@](C)(O)C(=O)[C@@H](C)C[C@H]2O)[C@@H]1O. The van der Waals surface area contributed by atoms with Crippen LogP contribution in [0.25, 0.3) is 0 Å². The average molecular weight is 558 g/mol. The van der Waals surface area contributed by atoms with E-state index in [1.54, 1.807) is 0 Å². The lowest BCUT2D eigenvalue weighted by molar-refractivity contribution is -0.294. The highest BCUT2D eigenvalue weighted by atomic mass is 16.6. The van der Waals surface area contributed by atoms with E-state index in [1.165, 1.54) is 6.92 Å². The fraction of sp³-hybridized carbons (Fsp3) is 0.633. The van der Waals surface area contributed by atoms with Crippen molar-refractivity contribution in [3.8, 4) is 0 Å². The highest BCUT2D eigenvalue weighted by Crippen LogP contribution is 2.62. The van der Waals surface area contributed by atoms with Crippen LogP contribution in [0, 0.1) is 29.1 Å². The maximum Gasteiger partial charge on any atom is 0.303 e. The molecule has 218 valence electrons. The van der Waals surface area contributed by atoms with Crippen LogP contribution < -0.4 is 5.32 Å². The summed E-state index contributed by atoms with van der Waals surface area (Å²) >= 11 is 0. The number of ketones is 1. The van der Waals surface area contributed by atoms with Gasteiger partial charge < -0.3 is 35.2 Å². The molecule has 10 heteroatoms. The number of hydrogen-bond donors (Lipinski definition) is 5. The molecule has 13 atom stereocenters. The number of benzene rings is 1. The largest absolute Gasteiger partial charge is 0.458 e. The van der Waals surface area contributed by atoms with Crippen molar-refractivity contribution in [1.29, 1.82) is 0 Å². The molecule has 0 aromatic heterocycles. The van der Waals surface area contributed by atoms with Crippen LogP contribution >= 0.6 is 0 Å². The second-order valence-electron chi connectivity index (χ2n) is 12.3. The van der Waals surface area contributed by atoms with Crippen molar-refractivity contribution in [3.63, 3.8) is 0 Å². The molecule has 1 spiro atoms. The molecule has 3 heterocycles. The number of aliphatic hydroxyl groups is 4. The third kappa shape index (κ3) is 4.07.